The van der Waals surface area contributed by atoms with E-state index in [4.69, 9.17) is 0 Å². The number of para-hydroxylation sites is 1. The van der Waals surface area contributed by atoms with Crippen molar-refractivity contribution >= 4 is 33.2 Å². The molecular formula is C25H25N3O4S. The number of rotatable bonds is 7. The third kappa shape index (κ3) is 5.06. The highest BCUT2D eigenvalue weighted by Gasteiger charge is 2.22. The van der Waals surface area contributed by atoms with Crippen LogP contribution in [0.3, 0.4) is 0 Å². The van der Waals surface area contributed by atoms with E-state index in [0.29, 0.717) is 29.9 Å². The van der Waals surface area contributed by atoms with Crippen LogP contribution in [-0.4, -0.2) is 38.7 Å². The third-order valence-corrected chi connectivity index (χ3v) is 7.39. The number of amides is 2. The Kier molecular flexibility index (Phi) is 6.46. The normalized spacial score (nSPS) is 13.7. The fraction of sp³-hybridized carbons (Fsp3) is 0.200. The number of benzene rings is 3. The molecule has 4 rings (SSSR count). The van der Waals surface area contributed by atoms with E-state index in [1.165, 1.54) is 23.5 Å². The molecular weight excluding hydrogens is 438 g/mol. The fourth-order valence-corrected chi connectivity index (χ4v) is 5.02. The largest absolute Gasteiger partial charge is 0.338 e. The summed E-state index contributed by atoms with van der Waals surface area (Å²) in [6.45, 7) is 1.20. The lowest BCUT2D eigenvalue weighted by Crippen LogP contribution is -2.26. The van der Waals surface area contributed by atoms with Gasteiger partial charge in [-0.1, -0.05) is 36.4 Å². The average Bonchev–Trinajstić information content (AvgIpc) is 3.23. The molecule has 0 radical (unpaired) electrons. The van der Waals surface area contributed by atoms with E-state index in [9.17, 15) is 18.0 Å². The van der Waals surface area contributed by atoms with Crippen molar-refractivity contribution in [2.24, 2.45) is 0 Å². The van der Waals surface area contributed by atoms with Crippen molar-refractivity contribution in [3.8, 4) is 0 Å². The first kappa shape index (κ1) is 22.5. The molecule has 7 nitrogen and oxygen atoms in total. The van der Waals surface area contributed by atoms with Gasteiger partial charge in [-0.2, -0.15) is 0 Å². The SMILES string of the molecule is CN(c1ccccc1)S(=O)(=O)c1cccc(NC(=O)c2cccc(CN3CCCC3=O)c2)c1. The number of likely N-dealkylation sites (tertiary alicyclic amines) is 1. The highest BCUT2D eigenvalue weighted by atomic mass is 32.2. The lowest BCUT2D eigenvalue weighted by Gasteiger charge is -2.20. The molecule has 1 aliphatic rings. The van der Waals surface area contributed by atoms with E-state index in [0.717, 1.165) is 18.5 Å². The van der Waals surface area contributed by atoms with Gasteiger partial charge in [-0.3, -0.25) is 13.9 Å². The first-order valence-electron chi connectivity index (χ1n) is 10.7. The maximum absolute atomic E-state index is 13.1. The first-order valence-corrected chi connectivity index (χ1v) is 12.1. The van der Waals surface area contributed by atoms with Crippen molar-refractivity contribution in [3.05, 3.63) is 90.0 Å². The molecule has 1 fully saturated rings. The van der Waals surface area contributed by atoms with Crippen LogP contribution in [0.5, 0.6) is 0 Å². The molecule has 1 aliphatic heterocycles. The van der Waals surface area contributed by atoms with E-state index < -0.39 is 10.0 Å². The number of carbonyl (C=O) groups is 2. The minimum absolute atomic E-state index is 0.0768. The third-order valence-electron chi connectivity index (χ3n) is 5.60. The zero-order chi connectivity index (χ0) is 23.4. The van der Waals surface area contributed by atoms with Crippen molar-refractivity contribution < 1.29 is 18.0 Å². The van der Waals surface area contributed by atoms with Crippen LogP contribution in [0.4, 0.5) is 11.4 Å². The zero-order valence-electron chi connectivity index (χ0n) is 18.3. The van der Waals surface area contributed by atoms with Gasteiger partial charge in [0, 0.05) is 37.8 Å². The molecule has 1 heterocycles. The first-order chi connectivity index (χ1) is 15.8. The number of nitrogens with zero attached hydrogens (tertiary/aromatic N) is 2. The molecule has 0 atom stereocenters. The van der Waals surface area contributed by atoms with Crippen LogP contribution in [0.1, 0.15) is 28.8 Å². The van der Waals surface area contributed by atoms with Gasteiger partial charge in [0.05, 0.1) is 10.6 Å². The number of nitrogens with one attached hydrogen (secondary N) is 1. The summed E-state index contributed by atoms with van der Waals surface area (Å²) in [7, 11) is -2.30. The van der Waals surface area contributed by atoms with Crippen LogP contribution >= 0.6 is 0 Å². The monoisotopic (exact) mass is 463 g/mol. The van der Waals surface area contributed by atoms with Crippen molar-refractivity contribution in [1.29, 1.82) is 0 Å². The second-order valence-electron chi connectivity index (χ2n) is 7.91. The predicted octanol–water partition coefficient (Wildman–Crippen LogP) is 3.89. The molecule has 33 heavy (non-hydrogen) atoms. The maximum Gasteiger partial charge on any atom is 0.264 e. The molecule has 0 saturated carbocycles. The Balaban J connectivity index is 1.50. The highest BCUT2D eigenvalue weighted by molar-refractivity contribution is 7.92. The summed E-state index contributed by atoms with van der Waals surface area (Å²) >= 11 is 0. The average molecular weight is 464 g/mol. The second kappa shape index (κ2) is 9.46. The molecule has 1 N–H and O–H groups in total. The quantitative estimate of drug-likeness (QED) is 0.576. The molecule has 0 unspecified atom stereocenters. The molecule has 0 aliphatic carbocycles. The second-order valence-corrected chi connectivity index (χ2v) is 9.88. The molecule has 1 saturated heterocycles. The number of hydrogen-bond acceptors (Lipinski definition) is 4. The van der Waals surface area contributed by atoms with E-state index in [-0.39, 0.29) is 16.7 Å². The maximum atomic E-state index is 13.1. The molecule has 3 aromatic rings. The van der Waals surface area contributed by atoms with Gasteiger partial charge in [0.25, 0.3) is 15.9 Å². The van der Waals surface area contributed by atoms with Gasteiger partial charge in [-0.15, -0.1) is 0 Å². The van der Waals surface area contributed by atoms with E-state index in [2.05, 4.69) is 5.32 Å². The number of sulfonamides is 1. The van der Waals surface area contributed by atoms with Crippen LogP contribution in [-0.2, 0) is 21.4 Å². The molecule has 0 aromatic heterocycles. The summed E-state index contributed by atoms with van der Waals surface area (Å²) in [5.41, 5.74) is 2.23. The van der Waals surface area contributed by atoms with Gasteiger partial charge in [0.1, 0.15) is 0 Å². The van der Waals surface area contributed by atoms with Gasteiger partial charge in [0.15, 0.2) is 0 Å². The fourth-order valence-electron chi connectivity index (χ4n) is 3.77. The topological polar surface area (TPSA) is 86.8 Å². The lowest BCUT2D eigenvalue weighted by atomic mass is 10.1. The summed E-state index contributed by atoms with van der Waals surface area (Å²) in [6.07, 6.45) is 1.43. The van der Waals surface area contributed by atoms with Crippen LogP contribution in [0.15, 0.2) is 83.8 Å². The molecule has 8 heteroatoms. The van der Waals surface area contributed by atoms with Gasteiger partial charge in [-0.25, -0.2) is 8.42 Å². The van der Waals surface area contributed by atoms with Crippen molar-refractivity contribution in [2.45, 2.75) is 24.3 Å². The summed E-state index contributed by atoms with van der Waals surface area (Å²) in [5.74, 6) is -0.223. The summed E-state index contributed by atoms with van der Waals surface area (Å²) in [6, 6.07) is 22.1. The molecule has 3 aromatic carbocycles. The van der Waals surface area contributed by atoms with E-state index in [1.54, 1.807) is 59.5 Å². The minimum Gasteiger partial charge on any atom is -0.338 e. The van der Waals surface area contributed by atoms with Crippen molar-refractivity contribution in [1.82, 2.24) is 4.90 Å². The molecule has 0 bridgehead atoms. The summed E-state index contributed by atoms with van der Waals surface area (Å²) in [5, 5.41) is 2.78. The van der Waals surface area contributed by atoms with Crippen LogP contribution in [0.2, 0.25) is 0 Å². The molecule has 2 amide bonds. The Morgan fingerprint density at radius 1 is 1.00 bits per heavy atom. The number of carbonyl (C=O) groups excluding carboxylic acids is 2. The molecule has 170 valence electrons. The summed E-state index contributed by atoms with van der Waals surface area (Å²) in [4.78, 5) is 26.6. The Morgan fingerprint density at radius 2 is 1.76 bits per heavy atom. The summed E-state index contributed by atoms with van der Waals surface area (Å²) < 4.78 is 27.3. The Labute approximate surface area is 193 Å². The molecule has 0 spiro atoms. The zero-order valence-corrected chi connectivity index (χ0v) is 19.1. The van der Waals surface area contributed by atoms with Crippen LogP contribution < -0.4 is 9.62 Å². The number of anilines is 2. The van der Waals surface area contributed by atoms with Crippen molar-refractivity contribution in [3.63, 3.8) is 0 Å². The lowest BCUT2D eigenvalue weighted by molar-refractivity contribution is -0.128. The van der Waals surface area contributed by atoms with Crippen molar-refractivity contribution in [2.75, 3.05) is 23.2 Å². The van der Waals surface area contributed by atoms with E-state index in [1.807, 2.05) is 12.1 Å². The Hall–Kier alpha value is -3.65. The van der Waals surface area contributed by atoms with Gasteiger partial charge in [-0.05, 0) is 54.4 Å². The van der Waals surface area contributed by atoms with Gasteiger partial charge >= 0.3 is 0 Å². The standard InChI is InChI=1S/C25H25N3O4S/c1-27(22-11-3-2-4-12-22)33(31,32)23-13-6-10-21(17-23)26-25(30)20-9-5-8-19(16-20)18-28-15-7-14-24(28)29/h2-6,8-13,16-17H,7,14-15,18H2,1H3,(H,26,30). The van der Waals surface area contributed by atoms with Crippen LogP contribution in [0.25, 0.3) is 0 Å². The van der Waals surface area contributed by atoms with E-state index >= 15 is 0 Å². The highest BCUT2D eigenvalue weighted by Crippen LogP contribution is 2.24. The van der Waals surface area contributed by atoms with Gasteiger partial charge < -0.3 is 10.2 Å². The Morgan fingerprint density at radius 3 is 2.48 bits per heavy atom. The predicted molar refractivity (Wildman–Crippen MR) is 128 cm³/mol. The minimum atomic E-state index is -3.80. The smallest absolute Gasteiger partial charge is 0.264 e. The van der Waals surface area contributed by atoms with Gasteiger partial charge in [0.2, 0.25) is 5.91 Å². The number of hydrogen-bond donors (Lipinski definition) is 1. The Bertz CT molecular complexity index is 1280. The van der Waals surface area contributed by atoms with Crippen LogP contribution in [0, 0.1) is 0 Å².